The van der Waals surface area contributed by atoms with Crippen molar-refractivity contribution in [2.75, 3.05) is 23.7 Å². The first-order valence-electron chi connectivity index (χ1n) is 7.83. The van der Waals surface area contributed by atoms with E-state index < -0.39 is 17.7 Å². The smallest absolute Gasteiger partial charge is 0.319 e. The van der Waals surface area contributed by atoms with Crippen molar-refractivity contribution in [1.29, 1.82) is 0 Å². The third-order valence-corrected chi connectivity index (χ3v) is 3.42. The predicted molar refractivity (Wildman–Crippen MR) is 93.2 cm³/mol. The van der Waals surface area contributed by atoms with E-state index in [2.05, 4.69) is 26.1 Å². The fraction of sp³-hybridized carbons (Fsp3) is 0.118. The molecule has 0 bridgehead atoms. The molecule has 0 aliphatic rings. The Balaban J connectivity index is 1.41. The van der Waals surface area contributed by atoms with Crippen LogP contribution in [0, 0.1) is 11.6 Å². The summed E-state index contributed by atoms with van der Waals surface area (Å²) in [7, 11) is 0. The van der Waals surface area contributed by atoms with E-state index in [9.17, 15) is 13.6 Å². The third kappa shape index (κ3) is 4.53. The second-order valence-electron chi connectivity index (χ2n) is 5.30. The lowest BCUT2D eigenvalue weighted by molar-refractivity contribution is 0.252. The summed E-state index contributed by atoms with van der Waals surface area (Å²) < 4.78 is 28.1. The van der Waals surface area contributed by atoms with Crippen molar-refractivity contribution >= 4 is 17.5 Å². The van der Waals surface area contributed by atoms with Crippen LogP contribution in [0.1, 0.15) is 0 Å². The number of nitrogens with zero attached hydrogens (tertiary/aromatic N) is 3. The maximum Gasteiger partial charge on any atom is 0.319 e. The molecule has 0 radical (unpaired) electrons. The second kappa shape index (κ2) is 8.06. The van der Waals surface area contributed by atoms with Crippen LogP contribution in [0.2, 0.25) is 0 Å². The Hall–Kier alpha value is -3.49. The van der Waals surface area contributed by atoms with Crippen LogP contribution >= 0.6 is 0 Å². The number of hydrogen-bond donors (Lipinski definition) is 3. The van der Waals surface area contributed by atoms with Gasteiger partial charge in [-0.05, 0) is 36.4 Å². The molecule has 1 aromatic carbocycles. The molecule has 3 aromatic rings. The predicted octanol–water partition coefficient (Wildman–Crippen LogP) is 2.78. The number of halogens is 2. The van der Waals surface area contributed by atoms with Gasteiger partial charge in [-0.2, -0.15) is 0 Å². The number of benzene rings is 1. The van der Waals surface area contributed by atoms with Gasteiger partial charge in [0.1, 0.15) is 17.5 Å². The minimum Gasteiger partial charge on any atom is -0.367 e. The molecule has 2 amide bonds. The Kier molecular flexibility index (Phi) is 5.37. The summed E-state index contributed by atoms with van der Waals surface area (Å²) in [5.41, 5.74) is -0.0941. The van der Waals surface area contributed by atoms with E-state index in [4.69, 9.17) is 0 Å². The first kappa shape index (κ1) is 17.3. The molecule has 0 unspecified atom stereocenters. The van der Waals surface area contributed by atoms with Gasteiger partial charge >= 0.3 is 6.03 Å². The number of nitrogens with one attached hydrogen (secondary N) is 3. The van der Waals surface area contributed by atoms with Gasteiger partial charge in [0.2, 0.25) is 0 Å². The van der Waals surface area contributed by atoms with Crippen LogP contribution in [0.3, 0.4) is 0 Å². The second-order valence-corrected chi connectivity index (χ2v) is 5.30. The summed E-state index contributed by atoms with van der Waals surface area (Å²) in [4.78, 5) is 11.7. The number of anilines is 2. The Bertz CT molecular complexity index is 867. The zero-order valence-corrected chi connectivity index (χ0v) is 13.6. The summed E-state index contributed by atoms with van der Waals surface area (Å²) in [5.74, 6) is -0.287. The van der Waals surface area contributed by atoms with E-state index in [-0.39, 0.29) is 12.2 Å². The normalized spacial score (nSPS) is 10.4. The van der Waals surface area contributed by atoms with Crippen molar-refractivity contribution < 1.29 is 13.6 Å². The van der Waals surface area contributed by atoms with Gasteiger partial charge in [0.15, 0.2) is 5.82 Å². The molecule has 26 heavy (non-hydrogen) atoms. The molecule has 3 rings (SSSR count). The van der Waals surface area contributed by atoms with E-state index in [0.29, 0.717) is 24.2 Å². The van der Waals surface area contributed by atoms with Gasteiger partial charge in [0.25, 0.3) is 0 Å². The summed E-state index contributed by atoms with van der Waals surface area (Å²) in [6.07, 6.45) is 3.73. The molecule has 0 spiro atoms. The summed E-state index contributed by atoms with van der Waals surface area (Å²) in [5, 5.41) is 16.0. The largest absolute Gasteiger partial charge is 0.367 e. The molecule has 0 aliphatic heterocycles. The van der Waals surface area contributed by atoms with Crippen molar-refractivity contribution in [3.8, 4) is 5.82 Å². The topological polar surface area (TPSA) is 83.9 Å². The highest BCUT2D eigenvalue weighted by Gasteiger charge is 2.07. The van der Waals surface area contributed by atoms with Gasteiger partial charge < -0.3 is 20.5 Å². The molecule has 0 fully saturated rings. The highest BCUT2D eigenvalue weighted by atomic mass is 19.1. The van der Waals surface area contributed by atoms with Gasteiger partial charge in [-0.15, -0.1) is 10.2 Å². The molecular weight excluding hydrogens is 342 g/mol. The average Bonchev–Trinajstić information content (AvgIpc) is 3.16. The molecule has 2 heterocycles. The van der Waals surface area contributed by atoms with E-state index in [1.54, 1.807) is 6.07 Å². The molecule has 0 saturated heterocycles. The van der Waals surface area contributed by atoms with Crippen molar-refractivity contribution in [1.82, 2.24) is 20.1 Å². The minimum absolute atomic E-state index is 0.0941. The number of hydrogen-bond acceptors (Lipinski definition) is 4. The van der Waals surface area contributed by atoms with Crippen molar-refractivity contribution in [3.63, 3.8) is 0 Å². The quantitative estimate of drug-likeness (QED) is 0.592. The number of aromatic nitrogens is 3. The molecule has 134 valence electrons. The lowest BCUT2D eigenvalue weighted by atomic mass is 10.3. The molecular formula is C17H16F2N6O. The van der Waals surface area contributed by atoms with Gasteiger partial charge in [-0.1, -0.05) is 0 Å². The lowest BCUT2D eigenvalue weighted by Gasteiger charge is -2.09. The molecule has 9 heteroatoms. The zero-order valence-electron chi connectivity index (χ0n) is 13.6. The molecule has 0 aliphatic carbocycles. The highest BCUT2D eigenvalue weighted by Crippen LogP contribution is 2.14. The van der Waals surface area contributed by atoms with Crippen LogP contribution in [0.5, 0.6) is 0 Å². The SMILES string of the molecule is O=C(NCCNc1ccc(-n2cccc2)nn1)Nc1ccc(F)cc1F. The van der Waals surface area contributed by atoms with Crippen LogP contribution < -0.4 is 16.0 Å². The molecule has 3 N–H and O–H groups in total. The average molecular weight is 358 g/mol. The Morgan fingerprint density at radius 1 is 1.04 bits per heavy atom. The van der Waals surface area contributed by atoms with E-state index in [1.807, 2.05) is 35.2 Å². The van der Waals surface area contributed by atoms with Crippen molar-refractivity contribution in [2.24, 2.45) is 0 Å². The fourth-order valence-electron chi connectivity index (χ4n) is 2.17. The summed E-state index contributed by atoms with van der Waals surface area (Å²) in [6, 6.07) is 9.70. The van der Waals surface area contributed by atoms with Gasteiger partial charge in [-0.3, -0.25) is 0 Å². The number of carbonyl (C=O) groups excluding carboxylic acids is 1. The zero-order chi connectivity index (χ0) is 18.4. The Labute approximate surface area is 148 Å². The fourth-order valence-corrected chi connectivity index (χ4v) is 2.17. The number of rotatable bonds is 6. The van der Waals surface area contributed by atoms with Crippen LogP contribution in [0.15, 0.2) is 54.9 Å². The van der Waals surface area contributed by atoms with Crippen LogP contribution in [0.25, 0.3) is 5.82 Å². The van der Waals surface area contributed by atoms with E-state index in [0.717, 1.165) is 12.1 Å². The van der Waals surface area contributed by atoms with Gasteiger partial charge in [0.05, 0.1) is 5.69 Å². The maximum absolute atomic E-state index is 13.4. The standard InChI is InChI=1S/C17H16F2N6O/c18-12-3-4-14(13(19)11-12)22-17(26)21-8-7-20-15-5-6-16(24-23-15)25-9-1-2-10-25/h1-6,9-11H,7-8H2,(H,20,23)(H2,21,22,26). The first-order chi connectivity index (χ1) is 12.6. The van der Waals surface area contributed by atoms with E-state index >= 15 is 0 Å². The molecule has 2 aromatic heterocycles. The van der Waals surface area contributed by atoms with Crippen molar-refractivity contribution in [3.05, 3.63) is 66.5 Å². The Morgan fingerprint density at radius 2 is 1.85 bits per heavy atom. The third-order valence-electron chi connectivity index (χ3n) is 3.42. The summed E-state index contributed by atoms with van der Waals surface area (Å²) in [6.45, 7) is 0.673. The highest BCUT2D eigenvalue weighted by molar-refractivity contribution is 5.89. The lowest BCUT2D eigenvalue weighted by Crippen LogP contribution is -2.33. The molecule has 7 nitrogen and oxygen atoms in total. The number of urea groups is 1. The summed E-state index contributed by atoms with van der Waals surface area (Å²) >= 11 is 0. The number of carbonyl (C=O) groups is 1. The van der Waals surface area contributed by atoms with Crippen LogP contribution in [0.4, 0.5) is 25.1 Å². The van der Waals surface area contributed by atoms with Crippen LogP contribution in [-0.4, -0.2) is 33.9 Å². The van der Waals surface area contributed by atoms with Crippen molar-refractivity contribution in [2.45, 2.75) is 0 Å². The van der Waals surface area contributed by atoms with Crippen LogP contribution in [-0.2, 0) is 0 Å². The Morgan fingerprint density at radius 3 is 2.54 bits per heavy atom. The monoisotopic (exact) mass is 358 g/mol. The molecule has 0 atom stereocenters. The number of amides is 2. The van der Waals surface area contributed by atoms with Gasteiger partial charge in [0, 0.05) is 31.5 Å². The molecule has 0 saturated carbocycles. The van der Waals surface area contributed by atoms with E-state index in [1.165, 1.54) is 0 Å². The first-order valence-corrected chi connectivity index (χ1v) is 7.83. The minimum atomic E-state index is -0.837. The maximum atomic E-state index is 13.4. The van der Waals surface area contributed by atoms with Gasteiger partial charge in [-0.25, -0.2) is 13.6 Å².